The molecule has 1 amide bonds. The van der Waals surface area contributed by atoms with Crippen molar-refractivity contribution in [1.29, 1.82) is 0 Å². The zero-order chi connectivity index (χ0) is 25.3. The summed E-state index contributed by atoms with van der Waals surface area (Å²) in [6.45, 7) is 0. The molecule has 0 radical (unpaired) electrons. The van der Waals surface area contributed by atoms with Crippen LogP contribution in [0.3, 0.4) is 0 Å². The third-order valence-corrected chi connectivity index (χ3v) is 5.98. The molecule has 11 heteroatoms. The Labute approximate surface area is 212 Å². The number of carbonyl (C=O) groups is 1. The fourth-order valence-electron chi connectivity index (χ4n) is 3.35. The highest BCUT2D eigenvalue weighted by molar-refractivity contribution is 7.99. The molecular weight excluding hydrogens is 480 g/mol. The van der Waals surface area contributed by atoms with Crippen molar-refractivity contribution in [3.8, 4) is 34.3 Å². The van der Waals surface area contributed by atoms with Gasteiger partial charge < -0.3 is 14.2 Å². The van der Waals surface area contributed by atoms with Gasteiger partial charge in [0.05, 0.1) is 33.3 Å². The number of aromatic nitrogens is 4. The summed E-state index contributed by atoms with van der Waals surface area (Å²) < 4.78 is 17.9. The van der Waals surface area contributed by atoms with E-state index in [2.05, 4.69) is 25.7 Å². The second-order valence-corrected chi connectivity index (χ2v) is 8.19. The highest BCUT2D eigenvalue weighted by atomic mass is 32.2. The second-order valence-electron chi connectivity index (χ2n) is 7.24. The molecule has 0 aliphatic carbocycles. The first-order chi connectivity index (χ1) is 17.6. The van der Waals surface area contributed by atoms with Gasteiger partial charge in [0.15, 0.2) is 22.5 Å². The van der Waals surface area contributed by atoms with Crippen molar-refractivity contribution in [3.63, 3.8) is 0 Å². The van der Waals surface area contributed by atoms with E-state index in [4.69, 9.17) is 14.2 Å². The van der Waals surface area contributed by atoms with Crippen molar-refractivity contribution < 1.29 is 19.0 Å². The number of nitrogens with one attached hydrogen (secondary N) is 1. The molecule has 0 fully saturated rings. The van der Waals surface area contributed by atoms with Crippen LogP contribution in [0.15, 0.2) is 77.2 Å². The number of para-hydroxylation sites is 1. The van der Waals surface area contributed by atoms with Crippen LogP contribution in [0, 0.1) is 0 Å². The molecule has 0 bridgehead atoms. The van der Waals surface area contributed by atoms with Gasteiger partial charge in [0.1, 0.15) is 5.75 Å². The van der Waals surface area contributed by atoms with E-state index in [1.165, 1.54) is 25.1 Å². The van der Waals surface area contributed by atoms with Crippen molar-refractivity contribution in [2.24, 2.45) is 5.10 Å². The maximum absolute atomic E-state index is 12.5. The molecule has 0 spiro atoms. The number of hydrazone groups is 1. The summed E-state index contributed by atoms with van der Waals surface area (Å²) >= 11 is 1.26. The Morgan fingerprint density at radius 1 is 0.972 bits per heavy atom. The molecule has 2 heterocycles. The van der Waals surface area contributed by atoms with Crippen LogP contribution in [0.4, 0.5) is 0 Å². The zero-order valence-electron chi connectivity index (χ0n) is 19.9. The van der Waals surface area contributed by atoms with E-state index in [1.54, 1.807) is 38.7 Å². The van der Waals surface area contributed by atoms with E-state index < -0.39 is 0 Å². The Balaban J connectivity index is 1.47. The van der Waals surface area contributed by atoms with Crippen molar-refractivity contribution in [2.75, 3.05) is 27.1 Å². The SMILES string of the molecule is COc1cc(OC)c(OC)cc1/C=N/NC(=O)CSc1nnc(-c2ccncc2)n1-c1ccccc1. The molecule has 0 aliphatic rings. The number of benzene rings is 2. The van der Waals surface area contributed by atoms with Crippen LogP contribution in [0.5, 0.6) is 17.2 Å². The van der Waals surface area contributed by atoms with Gasteiger partial charge in [-0.1, -0.05) is 30.0 Å². The molecule has 0 atom stereocenters. The number of nitrogens with zero attached hydrogens (tertiary/aromatic N) is 5. The molecule has 36 heavy (non-hydrogen) atoms. The Morgan fingerprint density at radius 2 is 1.67 bits per heavy atom. The lowest BCUT2D eigenvalue weighted by atomic mass is 10.2. The van der Waals surface area contributed by atoms with Gasteiger partial charge >= 0.3 is 0 Å². The molecule has 4 aromatic rings. The quantitative estimate of drug-likeness (QED) is 0.198. The Hall–Kier alpha value is -4.38. The minimum Gasteiger partial charge on any atom is -0.496 e. The predicted molar refractivity (Wildman–Crippen MR) is 137 cm³/mol. The molecular formula is C25H24N6O4S. The third kappa shape index (κ3) is 5.63. The first-order valence-electron chi connectivity index (χ1n) is 10.8. The number of ether oxygens (including phenoxy) is 3. The van der Waals surface area contributed by atoms with Gasteiger partial charge in [0.25, 0.3) is 5.91 Å². The second kappa shape index (κ2) is 11.8. The maximum Gasteiger partial charge on any atom is 0.250 e. The Bertz CT molecular complexity index is 1350. The fourth-order valence-corrected chi connectivity index (χ4v) is 4.10. The van der Waals surface area contributed by atoms with E-state index in [-0.39, 0.29) is 11.7 Å². The molecule has 0 unspecified atom stereocenters. The average Bonchev–Trinajstić information content (AvgIpc) is 3.36. The molecule has 0 saturated carbocycles. The van der Waals surface area contributed by atoms with Gasteiger partial charge in [-0.05, 0) is 30.3 Å². The van der Waals surface area contributed by atoms with Gasteiger partial charge in [0, 0.05) is 35.3 Å². The van der Waals surface area contributed by atoms with Crippen LogP contribution >= 0.6 is 11.8 Å². The van der Waals surface area contributed by atoms with Crippen molar-refractivity contribution in [2.45, 2.75) is 5.16 Å². The standard InChI is InChI=1S/C25H24N6O4S/c1-33-20-14-22(35-3)21(34-2)13-18(20)15-27-28-23(32)16-36-25-30-29-24(17-9-11-26-12-10-17)31(25)19-7-5-4-6-8-19/h4-15H,16H2,1-3H3,(H,28,32)/b27-15+. The highest BCUT2D eigenvalue weighted by Crippen LogP contribution is 2.33. The van der Waals surface area contributed by atoms with Gasteiger partial charge in [-0.2, -0.15) is 5.10 Å². The summed E-state index contributed by atoms with van der Waals surface area (Å²) in [7, 11) is 4.62. The lowest BCUT2D eigenvalue weighted by molar-refractivity contribution is -0.118. The van der Waals surface area contributed by atoms with Crippen LogP contribution in [-0.4, -0.2) is 59.0 Å². The summed E-state index contributed by atoms with van der Waals surface area (Å²) in [5, 5.41) is 13.3. The smallest absolute Gasteiger partial charge is 0.250 e. The molecule has 2 aromatic heterocycles. The normalized spacial score (nSPS) is 10.9. The first kappa shape index (κ1) is 24.7. The first-order valence-corrected chi connectivity index (χ1v) is 11.8. The summed E-state index contributed by atoms with van der Waals surface area (Å²) in [6, 6.07) is 16.8. The summed E-state index contributed by atoms with van der Waals surface area (Å²) in [4.78, 5) is 16.6. The summed E-state index contributed by atoms with van der Waals surface area (Å²) in [5.41, 5.74) is 4.90. The number of methoxy groups -OCH3 is 3. The monoisotopic (exact) mass is 504 g/mol. The predicted octanol–water partition coefficient (Wildman–Crippen LogP) is 3.60. The van der Waals surface area contributed by atoms with Crippen molar-refractivity contribution in [1.82, 2.24) is 25.2 Å². The van der Waals surface area contributed by atoms with E-state index in [1.807, 2.05) is 47.0 Å². The number of pyridine rings is 1. The van der Waals surface area contributed by atoms with Crippen LogP contribution in [0.25, 0.3) is 17.1 Å². The zero-order valence-corrected chi connectivity index (χ0v) is 20.7. The van der Waals surface area contributed by atoms with Crippen LogP contribution in [0.1, 0.15) is 5.56 Å². The Morgan fingerprint density at radius 3 is 2.36 bits per heavy atom. The Kier molecular flexibility index (Phi) is 8.14. The highest BCUT2D eigenvalue weighted by Gasteiger charge is 2.17. The third-order valence-electron chi connectivity index (χ3n) is 5.05. The lowest BCUT2D eigenvalue weighted by Gasteiger charge is -2.11. The lowest BCUT2D eigenvalue weighted by Crippen LogP contribution is -2.20. The van der Waals surface area contributed by atoms with Crippen molar-refractivity contribution >= 4 is 23.9 Å². The minimum atomic E-state index is -0.302. The summed E-state index contributed by atoms with van der Waals surface area (Å²) in [6.07, 6.45) is 4.88. The number of hydrogen-bond acceptors (Lipinski definition) is 9. The topological polar surface area (TPSA) is 113 Å². The number of carbonyl (C=O) groups excluding carboxylic acids is 1. The van der Waals surface area contributed by atoms with E-state index >= 15 is 0 Å². The van der Waals surface area contributed by atoms with E-state index in [0.717, 1.165) is 11.3 Å². The van der Waals surface area contributed by atoms with E-state index in [9.17, 15) is 4.79 Å². The molecule has 4 rings (SSSR count). The molecule has 10 nitrogen and oxygen atoms in total. The fraction of sp³-hybridized carbons (Fsp3) is 0.160. The maximum atomic E-state index is 12.5. The number of amides is 1. The molecule has 0 saturated heterocycles. The van der Waals surface area contributed by atoms with Crippen LogP contribution in [-0.2, 0) is 4.79 Å². The molecule has 1 N–H and O–H groups in total. The number of rotatable bonds is 10. The van der Waals surface area contributed by atoms with E-state index in [0.29, 0.717) is 33.8 Å². The largest absolute Gasteiger partial charge is 0.496 e. The molecule has 0 aliphatic heterocycles. The minimum absolute atomic E-state index is 0.0850. The summed E-state index contributed by atoms with van der Waals surface area (Å²) in [5.74, 6) is 2.02. The number of hydrogen-bond donors (Lipinski definition) is 1. The van der Waals surface area contributed by atoms with Gasteiger partial charge in [-0.15, -0.1) is 10.2 Å². The van der Waals surface area contributed by atoms with Crippen LogP contribution in [0.2, 0.25) is 0 Å². The molecule has 2 aromatic carbocycles. The van der Waals surface area contributed by atoms with Gasteiger partial charge in [-0.3, -0.25) is 14.3 Å². The number of thioether (sulfide) groups is 1. The van der Waals surface area contributed by atoms with Crippen molar-refractivity contribution in [3.05, 3.63) is 72.6 Å². The van der Waals surface area contributed by atoms with Gasteiger partial charge in [0.2, 0.25) is 0 Å². The van der Waals surface area contributed by atoms with Gasteiger partial charge in [-0.25, -0.2) is 5.43 Å². The molecule has 184 valence electrons. The average molecular weight is 505 g/mol. The van der Waals surface area contributed by atoms with Crippen LogP contribution < -0.4 is 19.6 Å².